The van der Waals surface area contributed by atoms with Crippen LogP contribution in [0, 0.1) is 12.3 Å². The molecule has 7 heteroatoms. The van der Waals surface area contributed by atoms with Gasteiger partial charge in [0.2, 0.25) is 0 Å². The van der Waals surface area contributed by atoms with Crippen LogP contribution in [0.1, 0.15) is 67.3 Å². The SMILES string of the molecule is Cc1ccccc1C(NC(=O)c1cn(C2CCNCC2)nn1)C(C)(C)C.Cl. The summed E-state index contributed by atoms with van der Waals surface area (Å²) in [5.74, 6) is -0.173. The molecule has 148 valence electrons. The predicted octanol–water partition coefficient (Wildman–Crippen LogP) is 3.45. The largest absolute Gasteiger partial charge is 0.343 e. The molecule has 3 rings (SSSR count). The van der Waals surface area contributed by atoms with Gasteiger partial charge >= 0.3 is 0 Å². The summed E-state index contributed by atoms with van der Waals surface area (Å²) in [5.41, 5.74) is 2.57. The second-order valence-electron chi connectivity index (χ2n) is 8.19. The normalized spacial score (nSPS) is 16.4. The molecule has 2 aromatic rings. The van der Waals surface area contributed by atoms with Crippen molar-refractivity contribution in [2.24, 2.45) is 5.41 Å². The Morgan fingerprint density at radius 2 is 1.93 bits per heavy atom. The van der Waals surface area contributed by atoms with Gasteiger partial charge in [0, 0.05) is 0 Å². The van der Waals surface area contributed by atoms with Gasteiger partial charge in [0.05, 0.1) is 18.3 Å². The third kappa shape index (κ3) is 5.08. The predicted molar refractivity (Wildman–Crippen MR) is 109 cm³/mol. The van der Waals surface area contributed by atoms with Crippen LogP contribution >= 0.6 is 12.4 Å². The van der Waals surface area contributed by atoms with Gasteiger partial charge in [-0.25, -0.2) is 4.68 Å². The first-order valence-corrected chi connectivity index (χ1v) is 9.35. The van der Waals surface area contributed by atoms with Crippen molar-refractivity contribution >= 4 is 18.3 Å². The first kappa shape index (κ1) is 21.4. The third-order valence-electron chi connectivity index (χ3n) is 5.07. The summed E-state index contributed by atoms with van der Waals surface area (Å²) < 4.78 is 1.84. The number of benzene rings is 1. The smallest absolute Gasteiger partial charge is 0.273 e. The van der Waals surface area contributed by atoms with Crippen molar-refractivity contribution in [3.8, 4) is 0 Å². The lowest BCUT2D eigenvalue weighted by Crippen LogP contribution is -2.37. The maximum Gasteiger partial charge on any atom is 0.273 e. The molecule has 1 aliphatic rings. The summed E-state index contributed by atoms with van der Waals surface area (Å²) in [4.78, 5) is 12.8. The molecule has 1 amide bonds. The molecular formula is C20H30ClN5O. The number of aryl methyl sites for hydroxylation is 1. The number of rotatable bonds is 4. The number of amides is 1. The fourth-order valence-electron chi connectivity index (χ4n) is 3.51. The number of nitrogens with zero attached hydrogens (tertiary/aromatic N) is 3. The first-order chi connectivity index (χ1) is 12.4. The van der Waals surface area contributed by atoms with Gasteiger partial charge in [-0.1, -0.05) is 50.3 Å². The molecule has 2 N–H and O–H groups in total. The summed E-state index contributed by atoms with van der Waals surface area (Å²) in [6, 6.07) is 8.41. The average molecular weight is 392 g/mol. The van der Waals surface area contributed by atoms with Crippen LogP contribution in [0.4, 0.5) is 0 Å². The Hall–Kier alpha value is -1.92. The molecule has 1 aromatic heterocycles. The van der Waals surface area contributed by atoms with Gasteiger partial charge < -0.3 is 10.6 Å². The molecule has 0 spiro atoms. The van der Waals surface area contributed by atoms with E-state index in [-0.39, 0.29) is 29.8 Å². The van der Waals surface area contributed by atoms with E-state index in [2.05, 4.69) is 60.8 Å². The van der Waals surface area contributed by atoms with Crippen molar-refractivity contribution in [2.75, 3.05) is 13.1 Å². The quantitative estimate of drug-likeness (QED) is 0.837. The second-order valence-corrected chi connectivity index (χ2v) is 8.19. The number of hydrogen-bond acceptors (Lipinski definition) is 4. The van der Waals surface area contributed by atoms with E-state index in [0.29, 0.717) is 11.7 Å². The van der Waals surface area contributed by atoms with Crippen LogP contribution in [0.15, 0.2) is 30.5 Å². The molecule has 1 saturated heterocycles. The molecule has 1 aromatic carbocycles. The van der Waals surface area contributed by atoms with Crippen LogP contribution in [0.25, 0.3) is 0 Å². The number of carbonyl (C=O) groups is 1. The Bertz CT molecular complexity index is 762. The highest BCUT2D eigenvalue weighted by Crippen LogP contribution is 2.34. The highest BCUT2D eigenvalue weighted by molar-refractivity contribution is 5.92. The lowest BCUT2D eigenvalue weighted by molar-refractivity contribution is 0.0896. The standard InChI is InChI=1S/C20H29N5O.ClH/c1-14-7-5-6-8-16(14)18(20(2,3)4)22-19(26)17-13-25(24-23-17)15-9-11-21-12-10-15;/h5-8,13,15,18,21H,9-12H2,1-4H3,(H,22,26);1H. The van der Waals surface area contributed by atoms with Crippen LogP contribution in [0.5, 0.6) is 0 Å². The van der Waals surface area contributed by atoms with Gasteiger partial charge in [0.15, 0.2) is 5.69 Å². The van der Waals surface area contributed by atoms with E-state index in [1.54, 1.807) is 6.20 Å². The molecule has 0 radical (unpaired) electrons. The zero-order valence-corrected chi connectivity index (χ0v) is 17.3. The number of piperidine rings is 1. The van der Waals surface area contributed by atoms with Crippen LogP contribution in [-0.2, 0) is 0 Å². The first-order valence-electron chi connectivity index (χ1n) is 9.35. The Kier molecular flexibility index (Phi) is 7.00. The minimum Gasteiger partial charge on any atom is -0.343 e. The number of nitrogens with one attached hydrogen (secondary N) is 2. The molecule has 0 saturated carbocycles. The van der Waals surface area contributed by atoms with Gasteiger partial charge in [-0.3, -0.25) is 4.79 Å². The molecular weight excluding hydrogens is 362 g/mol. The zero-order chi connectivity index (χ0) is 18.7. The Morgan fingerprint density at radius 3 is 2.56 bits per heavy atom. The van der Waals surface area contributed by atoms with Crippen molar-refractivity contribution in [1.29, 1.82) is 0 Å². The van der Waals surface area contributed by atoms with E-state index in [4.69, 9.17) is 0 Å². The molecule has 27 heavy (non-hydrogen) atoms. The van der Waals surface area contributed by atoms with E-state index >= 15 is 0 Å². The number of carbonyl (C=O) groups excluding carboxylic acids is 1. The van der Waals surface area contributed by atoms with Gasteiger partial charge in [0.25, 0.3) is 5.91 Å². The molecule has 1 unspecified atom stereocenters. The molecule has 6 nitrogen and oxygen atoms in total. The Balaban J connectivity index is 0.00000261. The Morgan fingerprint density at radius 1 is 1.26 bits per heavy atom. The van der Waals surface area contributed by atoms with Crippen molar-refractivity contribution < 1.29 is 4.79 Å². The van der Waals surface area contributed by atoms with Gasteiger partial charge in [0.1, 0.15) is 0 Å². The van der Waals surface area contributed by atoms with Crippen molar-refractivity contribution in [3.05, 3.63) is 47.3 Å². The zero-order valence-electron chi connectivity index (χ0n) is 16.5. The highest BCUT2D eigenvalue weighted by Gasteiger charge is 2.30. The monoisotopic (exact) mass is 391 g/mol. The topological polar surface area (TPSA) is 71.8 Å². The minimum atomic E-state index is -0.173. The van der Waals surface area contributed by atoms with E-state index < -0.39 is 0 Å². The fraction of sp³-hybridized carbons (Fsp3) is 0.550. The van der Waals surface area contributed by atoms with Gasteiger partial charge in [-0.2, -0.15) is 0 Å². The molecule has 1 fully saturated rings. The number of hydrogen-bond donors (Lipinski definition) is 2. The minimum absolute atomic E-state index is 0. The van der Waals surface area contributed by atoms with E-state index in [9.17, 15) is 4.79 Å². The lowest BCUT2D eigenvalue weighted by Gasteiger charge is -2.32. The van der Waals surface area contributed by atoms with Crippen LogP contribution in [0.3, 0.4) is 0 Å². The van der Waals surface area contributed by atoms with Crippen molar-refractivity contribution in [1.82, 2.24) is 25.6 Å². The third-order valence-corrected chi connectivity index (χ3v) is 5.07. The molecule has 2 heterocycles. The fourth-order valence-corrected chi connectivity index (χ4v) is 3.51. The molecule has 0 aliphatic carbocycles. The summed E-state index contributed by atoms with van der Waals surface area (Å²) in [7, 11) is 0. The van der Waals surface area contributed by atoms with Crippen LogP contribution in [-0.4, -0.2) is 34.0 Å². The van der Waals surface area contributed by atoms with Crippen molar-refractivity contribution in [2.45, 2.75) is 52.6 Å². The van der Waals surface area contributed by atoms with E-state index in [1.165, 1.54) is 5.56 Å². The second kappa shape index (κ2) is 8.85. The summed E-state index contributed by atoms with van der Waals surface area (Å²) in [5, 5.41) is 14.8. The van der Waals surface area contributed by atoms with Gasteiger partial charge in [-0.05, 0) is 49.4 Å². The molecule has 1 aliphatic heterocycles. The lowest BCUT2D eigenvalue weighted by atomic mass is 9.81. The van der Waals surface area contributed by atoms with E-state index in [0.717, 1.165) is 31.5 Å². The average Bonchev–Trinajstić information content (AvgIpc) is 3.10. The number of aromatic nitrogens is 3. The maximum absolute atomic E-state index is 12.8. The van der Waals surface area contributed by atoms with Gasteiger partial charge in [-0.15, -0.1) is 17.5 Å². The molecule has 1 atom stereocenters. The number of halogens is 1. The van der Waals surface area contributed by atoms with E-state index in [1.807, 2.05) is 16.8 Å². The maximum atomic E-state index is 12.8. The van der Waals surface area contributed by atoms with Crippen LogP contribution < -0.4 is 10.6 Å². The summed E-state index contributed by atoms with van der Waals surface area (Å²) in [6.07, 6.45) is 3.80. The van der Waals surface area contributed by atoms with Crippen LogP contribution in [0.2, 0.25) is 0 Å². The Labute approximate surface area is 167 Å². The summed E-state index contributed by atoms with van der Waals surface area (Å²) >= 11 is 0. The molecule has 0 bridgehead atoms. The summed E-state index contributed by atoms with van der Waals surface area (Å²) in [6.45, 7) is 10.4. The van der Waals surface area contributed by atoms with Crippen molar-refractivity contribution in [3.63, 3.8) is 0 Å². The highest BCUT2D eigenvalue weighted by atomic mass is 35.5.